The first-order chi connectivity index (χ1) is 9.28. The Labute approximate surface area is 109 Å². The highest BCUT2D eigenvalue weighted by Gasteiger charge is 2.14. The van der Waals surface area contributed by atoms with Crippen molar-refractivity contribution in [1.82, 2.24) is 10.1 Å². The zero-order valence-electron chi connectivity index (χ0n) is 10.2. The number of rotatable bonds is 3. The molecule has 0 saturated carbocycles. The first-order valence-corrected chi connectivity index (χ1v) is 5.97. The summed E-state index contributed by atoms with van der Waals surface area (Å²) in [6.45, 7) is -0.223. The van der Waals surface area contributed by atoms with Crippen LogP contribution in [0.5, 0.6) is 0 Å². The van der Waals surface area contributed by atoms with Gasteiger partial charge in [-0.3, -0.25) is 0 Å². The number of fused-ring (bicyclic) bond motifs is 1. The fourth-order valence-corrected chi connectivity index (χ4v) is 1.91. The van der Waals surface area contributed by atoms with Gasteiger partial charge in [0.15, 0.2) is 0 Å². The van der Waals surface area contributed by atoms with Crippen molar-refractivity contribution in [1.29, 1.82) is 0 Å². The van der Waals surface area contributed by atoms with E-state index >= 15 is 0 Å². The predicted octanol–water partition coefficient (Wildman–Crippen LogP) is 1.88. The molecule has 1 atom stereocenters. The van der Waals surface area contributed by atoms with Crippen LogP contribution < -0.4 is 5.73 Å². The van der Waals surface area contributed by atoms with Crippen molar-refractivity contribution in [3.05, 3.63) is 48.4 Å². The summed E-state index contributed by atoms with van der Waals surface area (Å²) in [4.78, 5) is 4.20. The number of nitrogens with two attached hydrogens (primary N) is 1. The molecule has 19 heavy (non-hydrogen) atoms. The molecule has 0 radical (unpaired) electrons. The molecule has 96 valence electrons. The molecule has 3 rings (SSSR count). The lowest BCUT2D eigenvalue weighted by Gasteiger charge is -2.00. The second-order valence-corrected chi connectivity index (χ2v) is 4.31. The van der Waals surface area contributed by atoms with Crippen molar-refractivity contribution in [2.45, 2.75) is 6.04 Å². The number of hydrogen-bond donors (Lipinski definition) is 2. The van der Waals surface area contributed by atoms with Gasteiger partial charge in [0.05, 0.1) is 6.61 Å². The quantitative estimate of drug-likeness (QED) is 0.746. The van der Waals surface area contributed by atoms with Crippen LogP contribution in [0, 0.1) is 0 Å². The maximum Gasteiger partial charge on any atom is 0.246 e. The predicted molar refractivity (Wildman–Crippen MR) is 71.3 cm³/mol. The van der Waals surface area contributed by atoms with Crippen LogP contribution in [0.15, 0.2) is 47.0 Å². The zero-order chi connectivity index (χ0) is 13.2. The normalized spacial score (nSPS) is 12.7. The summed E-state index contributed by atoms with van der Waals surface area (Å²) >= 11 is 0. The van der Waals surface area contributed by atoms with E-state index in [1.807, 2.05) is 42.5 Å². The van der Waals surface area contributed by atoms with E-state index in [4.69, 9.17) is 15.4 Å². The van der Waals surface area contributed by atoms with Crippen molar-refractivity contribution in [2.75, 3.05) is 6.61 Å². The van der Waals surface area contributed by atoms with Crippen LogP contribution in [0.3, 0.4) is 0 Å². The topological polar surface area (TPSA) is 85.2 Å². The molecule has 5 nitrogen and oxygen atoms in total. The Morgan fingerprint density at radius 1 is 1.16 bits per heavy atom. The van der Waals surface area contributed by atoms with E-state index in [9.17, 15) is 0 Å². The molecule has 0 spiro atoms. The second kappa shape index (κ2) is 4.79. The van der Waals surface area contributed by atoms with Crippen molar-refractivity contribution in [3.63, 3.8) is 0 Å². The Kier molecular flexibility index (Phi) is 2.98. The molecule has 0 fully saturated rings. The van der Waals surface area contributed by atoms with Gasteiger partial charge in [0.1, 0.15) is 6.04 Å². The van der Waals surface area contributed by atoms with Crippen LogP contribution >= 0.6 is 0 Å². The molecule has 3 aromatic rings. The van der Waals surface area contributed by atoms with Gasteiger partial charge >= 0.3 is 0 Å². The second-order valence-electron chi connectivity index (χ2n) is 4.31. The number of benzene rings is 2. The van der Waals surface area contributed by atoms with Crippen molar-refractivity contribution >= 4 is 10.8 Å². The third-order valence-corrected chi connectivity index (χ3v) is 2.96. The molecule has 2 aromatic carbocycles. The molecule has 3 N–H and O–H groups in total. The lowest BCUT2D eigenvalue weighted by Crippen LogP contribution is -2.14. The number of nitrogens with zero attached hydrogens (tertiary/aromatic N) is 2. The average molecular weight is 255 g/mol. The van der Waals surface area contributed by atoms with E-state index in [0.717, 1.165) is 16.3 Å². The molecular formula is C14H13N3O2. The molecule has 1 aromatic heterocycles. The summed E-state index contributed by atoms with van der Waals surface area (Å²) in [6, 6.07) is 13.3. The maximum absolute atomic E-state index is 8.96. The smallest absolute Gasteiger partial charge is 0.246 e. The van der Waals surface area contributed by atoms with E-state index in [2.05, 4.69) is 10.1 Å². The molecule has 1 heterocycles. The fraction of sp³-hybridized carbons (Fsp3) is 0.143. The van der Waals surface area contributed by atoms with Crippen LogP contribution in [0.4, 0.5) is 0 Å². The molecule has 0 unspecified atom stereocenters. The molecule has 0 amide bonds. The highest BCUT2D eigenvalue weighted by atomic mass is 16.5. The van der Waals surface area contributed by atoms with Gasteiger partial charge in [-0.1, -0.05) is 41.6 Å². The Balaban J connectivity index is 2.01. The summed E-state index contributed by atoms with van der Waals surface area (Å²) in [5.74, 6) is 0.718. The highest BCUT2D eigenvalue weighted by Crippen LogP contribution is 2.23. The van der Waals surface area contributed by atoms with Crippen LogP contribution in [0.1, 0.15) is 11.9 Å². The molecule has 0 aliphatic rings. The van der Waals surface area contributed by atoms with E-state index in [1.165, 1.54) is 0 Å². The summed E-state index contributed by atoms with van der Waals surface area (Å²) in [5.41, 5.74) is 6.49. The summed E-state index contributed by atoms with van der Waals surface area (Å²) in [7, 11) is 0. The van der Waals surface area contributed by atoms with Gasteiger partial charge in [0, 0.05) is 5.56 Å². The van der Waals surface area contributed by atoms with E-state index in [1.54, 1.807) is 0 Å². The third-order valence-electron chi connectivity index (χ3n) is 2.96. The number of aromatic nitrogens is 2. The maximum atomic E-state index is 8.96. The first-order valence-electron chi connectivity index (χ1n) is 5.97. The van der Waals surface area contributed by atoms with Crippen molar-refractivity contribution in [2.24, 2.45) is 5.73 Å². The summed E-state index contributed by atoms with van der Waals surface area (Å²) in [6.07, 6.45) is 0. The Morgan fingerprint density at radius 3 is 2.74 bits per heavy atom. The highest BCUT2D eigenvalue weighted by molar-refractivity contribution is 5.86. The number of aliphatic hydroxyl groups is 1. The Bertz CT molecular complexity index is 708. The Hall–Kier alpha value is -2.24. The largest absolute Gasteiger partial charge is 0.394 e. The minimum atomic E-state index is -0.637. The SMILES string of the molecule is N[C@H](CO)c1nc(-c2ccc3ccccc3c2)no1. The minimum absolute atomic E-state index is 0.223. The lowest BCUT2D eigenvalue weighted by atomic mass is 10.1. The fourth-order valence-electron chi connectivity index (χ4n) is 1.91. The molecule has 0 aliphatic heterocycles. The first kappa shape index (κ1) is 11.8. The van der Waals surface area contributed by atoms with Gasteiger partial charge < -0.3 is 15.4 Å². The third kappa shape index (κ3) is 2.21. The van der Waals surface area contributed by atoms with E-state index < -0.39 is 6.04 Å². The molecule has 0 saturated heterocycles. The lowest BCUT2D eigenvalue weighted by molar-refractivity contribution is 0.237. The minimum Gasteiger partial charge on any atom is -0.394 e. The standard InChI is InChI=1S/C14H13N3O2/c15-12(8-18)14-16-13(17-19-14)11-6-5-9-3-1-2-4-10(9)7-11/h1-7,12,18H,8,15H2/t12-/m1/s1. The van der Waals surface area contributed by atoms with Crippen LogP contribution in [0.25, 0.3) is 22.2 Å². The number of aliphatic hydroxyl groups excluding tert-OH is 1. The van der Waals surface area contributed by atoms with Gasteiger partial charge in [0.25, 0.3) is 0 Å². The zero-order valence-corrected chi connectivity index (χ0v) is 10.2. The summed E-state index contributed by atoms with van der Waals surface area (Å²) < 4.78 is 5.04. The summed E-state index contributed by atoms with van der Waals surface area (Å²) in [5, 5.41) is 15.1. The van der Waals surface area contributed by atoms with Gasteiger partial charge in [-0.05, 0) is 16.8 Å². The van der Waals surface area contributed by atoms with E-state index in [-0.39, 0.29) is 12.5 Å². The molecule has 0 bridgehead atoms. The number of hydrogen-bond acceptors (Lipinski definition) is 5. The van der Waals surface area contributed by atoms with Gasteiger partial charge in [-0.2, -0.15) is 4.98 Å². The van der Waals surface area contributed by atoms with Crippen LogP contribution in [-0.4, -0.2) is 21.9 Å². The molecule has 5 heteroatoms. The Morgan fingerprint density at radius 2 is 1.95 bits per heavy atom. The monoisotopic (exact) mass is 255 g/mol. The van der Waals surface area contributed by atoms with Crippen molar-refractivity contribution < 1.29 is 9.63 Å². The van der Waals surface area contributed by atoms with Crippen LogP contribution in [0.2, 0.25) is 0 Å². The van der Waals surface area contributed by atoms with Crippen LogP contribution in [-0.2, 0) is 0 Å². The van der Waals surface area contributed by atoms with E-state index in [0.29, 0.717) is 5.82 Å². The molecular weight excluding hydrogens is 242 g/mol. The van der Waals surface area contributed by atoms with Crippen molar-refractivity contribution in [3.8, 4) is 11.4 Å². The van der Waals surface area contributed by atoms with Gasteiger partial charge in [0.2, 0.25) is 11.7 Å². The van der Waals surface area contributed by atoms with Gasteiger partial charge in [-0.15, -0.1) is 0 Å². The van der Waals surface area contributed by atoms with Gasteiger partial charge in [-0.25, -0.2) is 0 Å². The molecule has 0 aliphatic carbocycles. The average Bonchev–Trinajstić information content (AvgIpc) is 2.95.